The molecule has 0 unspecified atom stereocenters. The highest BCUT2D eigenvalue weighted by molar-refractivity contribution is 7.97. The van der Waals surface area contributed by atoms with Gasteiger partial charge >= 0.3 is 0 Å². The molecular weight excluding hydrogens is 214 g/mol. The molecule has 0 saturated carbocycles. The van der Waals surface area contributed by atoms with Gasteiger partial charge in [-0.25, -0.2) is 0 Å². The molecule has 0 atom stereocenters. The van der Waals surface area contributed by atoms with Gasteiger partial charge in [0, 0.05) is 4.90 Å². The Morgan fingerprint density at radius 1 is 1.06 bits per heavy atom. The minimum atomic E-state index is 0.537. The highest BCUT2D eigenvalue weighted by Crippen LogP contribution is 2.34. The van der Waals surface area contributed by atoms with Gasteiger partial charge in [0.1, 0.15) is 0 Å². The molecule has 1 nitrogen and oxygen atoms in total. The largest absolute Gasteiger partial charge is 0.274 e. The topological polar surface area (TPSA) is 26.0 Å². The Morgan fingerprint density at radius 2 is 1.50 bits per heavy atom. The summed E-state index contributed by atoms with van der Waals surface area (Å²) in [6, 6.07) is 4.62. The summed E-state index contributed by atoms with van der Waals surface area (Å²) in [5.41, 5.74) is 4.22. The Morgan fingerprint density at radius 3 is 1.75 bits per heavy atom. The van der Waals surface area contributed by atoms with Gasteiger partial charge in [-0.3, -0.25) is 5.14 Å². The van der Waals surface area contributed by atoms with Crippen LogP contribution in [0.25, 0.3) is 0 Å². The van der Waals surface area contributed by atoms with Crippen LogP contribution in [-0.2, 0) is 6.42 Å². The van der Waals surface area contributed by atoms with E-state index in [1.54, 1.807) is 0 Å². The van der Waals surface area contributed by atoms with E-state index in [0.717, 1.165) is 6.42 Å². The fraction of sp³-hybridized carbons (Fsp3) is 0.571. The minimum Gasteiger partial charge on any atom is -0.274 e. The van der Waals surface area contributed by atoms with Crippen LogP contribution in [0, 0.1) is 0 Å². The average molecular weight is 237 g/mol. The molecular formula is C14H23NS. The monoisotopic (exact) mass is 237 g/mol. The number of hydrogen-bond acceptors (Lipinski definition) is 2. The number of benzene rings is 1. The zero-order valence-corrected chi connectivity index (χ0v) is 11.8. The summed E-state index contributed by atoms with van der Waals surface area (Å²) < 4.78 is 0. The van der Waals surface area contributed by atoms with Crippen molar-refractivity contribution in [1.29, 1.82) is 0 Å². The maximum Gasteiger partial charge on any atom is 0.0295 e. The molecule has 0 bridgehead atoms. The maximum absolute atomic E-state index is 5.84. The molecule has 0 aliphatic carbocycles. The number of rotatable bonds is 4. The summed E-state index contributed by atoms with van der Waals surface area (Å²) in [4.78, 5) is 1.28. The first kappa shape index (κ1) is 13.6. The molecule has 1 aromatic carbocycles. The molecule has 0 spiro atoms. The van der Waals surface area contributed by atoms with Gasteiger partial charge in [-0.05, 0) is 46.9 Å². The molecule has 0 amide bonds. The van der Waals surface area contributed by atoms with Crippen molar-refractivity contribution in [1.82, 2.24) is 0 Å². The van der Waals surface area contributed by atoms with Gasteiger partial charge in [-0.2, -0.15) is 0 Å². The molecule has 0 aromatic heterocycles. The van der Waals surface area contributed by atoms with Crippen molar-refractivity contribution in [2.45, 2.75) is 57.8 Å². The normalized spacial score (nSPS) is 11.5. The van der Waals surface area contributed by atoms with Crippen LogP contribution in [0.15, 0.2) is 17.0 Å². The second-order valence-electron chi connectivity index (χ2n) is 4.88. The summed E-state index contributed by atoms with van der Waals surface area (Å²) >= 11 is 1.40. The fourth-order valence-electron chi connectivity index (χ4n) is 1.94. The standard InChI is InChI=1S/C14H23NS/c1-6-11-7-12(9(2)3)14(16-15)13(8-11)10(4)5/h7-10H,6,15H2,1-5H3. The van der Waals surface area contributed by atoms with Crippen molar-refractivity contribution in [2.75, 3.05) is 0 Å². The second-order valence-corrected chi connectivity index (χ2v) is 5.53. The van der Waals surface area contributed by atoms with Crippen molar-refractivity contribution in [3.05, 3.63) is 28.8 Å². The van der Waals surface area contributed by atoms with Crippen molar-refractivity contribution in [3.8, 4) is 0 Å². The van der Waals surface area contributed by atoms with Crippen LogP contribution in [-0.4, -0.2) is 0 Å². The van der Waals surface area contributed by atoms with Crippen molar-refractivity contribution < 1.29 is 0 Å². The maximum atomic E-state index is 5.84. The summed E-state index contributed by atoms with van der Waals surface area (Å²) in [5, 5.41) is 5.84. The molecule has 16 heavy (non-hydrogen) atoms. The quantitative estimate of drug-likeness (QED) is 0.782. The van der Waals surface area contributed by atoms with E-state index in [-0.39, 0.29) is 0 Å². The zero-order chi connectivity index (χ0) is 12.3. The Balaban J connectivity index is 3.40. The van der Waals surface area contributed by atoms with Gasteiger partial charge in [0.15, 0.2) is 0 Å². The molecule has 2 heteroatoms. The van der Waals surface area contributed by atoms with E-state index in [0.29, 0.717) is 11.8 Å². The summed E-state index contributed by atoms with van der Waals surface area (Å²) in [6.07, 6.45) is 1.09. The minimum absolute atomic E-state index is 0.537. The molecule has 1 rings (SSSR count). The molecule has 0 aliphatic heterocycles. The van der Waals surface area contributed by atoms with E-state index >= 15 is 0 Å². The highest BCUT2D eigenvalue weighted by atomic mass is 32.2. The van der Waals surface area contributed by atoms with Gasteiger partial charge in [0.05, 0.1) is 0 Å². The Hall–Kier alpha value is -0.470. The van der Waals surface area contributed by atoms with E-state index in [2.05, 4.69) is 46.8 Å². The van der Waals surface area contributed by atoms with Crippen molar-refractivity contribution >= 4 is 11.9 Å². The lowest BCUT2D eigenvalue weighted by atomic mass is 9.92. The lowest BCUT2D eigenvalue weighted by Gasteiger charge is -2.19. The van der Waals surface area contributed by atoms with Crippen LogP contribution in [0.1, 0.15) is 63.1 Å². The summed E-state index contributed by atoms with van der Waals surface area (Å²) in [5.74, 6) is 1.07. The van der Waals surface area contributed by atoms with Gasteiger partial charge in [0.2, 0.25) is 0 Å². The first-order chi connectivity index (χ1) is 7.51. The second kappa shape index (κ2) is 5.74. The van der Waals surface area contributed by atoms with Crippen LogP contribution in [0.2, 0.25) is 0 Å². The van der Waals surface area contributed by atoms with Crippen LogP contribution in [0.5, 0.6) is 0 Å². The van der Waals surface area contributed by atoms with E-state index in [9.17, 15) is 0 Å². The first-order valence-electron chi connectivity index (χ1n) is 6.04. The van der Waals surface area contributed by atoms with E-state index < -0.39 is 0 Å². The molecule has 2 N–H and O–H groups in total. The third-order valence-corrected chi connectivity index (χ3v) is 3.68. The van der Waals surface area contributed by atoms with Gasteiger partial charge in [0.25, 0.3) is 0 Å². The summed E-state index contributed by atoms with van der Waals surface area (Å²) in [7, 11) is 0. The van der Waals surface area contributed by atoms with Gasteiger partial charge in [-0.1, -0.05) is 46.8 Å². The molecule has 0 aliphatic rings. The molecule has 0 heterocycles. The predicted octanol–water partition coefficient (Wildman–Crippen LogP) is 4.46. The molecule has 0 saturated heterocycles. The Labute approximate surface area is 104 Å². The number of aryl methyl sites for hydroxylation is 1. The zero-order valence-electron chi connectivity index (χ0n) is 11.0. The summed E-state index contributed by atoms with van der Waals surface area (Å²) in [6.45, 7) is 11.1. The van der Waals surface area contributed by atoms with Gasteiger partial charge in [-0.15, -0.1) is 0 Å². The van der Waals surface area contributed by atoms with E-state index in [1.807, 2.05) is 0 Å². The van der Waals surface area contributed by atoms with Crippen LogP contribution < -0.4 is 5.14 Å². The Kier molecular flexibility index (Phi) is 4.88. The smallest absolute Gasteiger partial charge is 0.0295 e. The van der Waals surface area contributed by atoms with Crippen LogP contribution in [0.4, 0.5) is 0 Å². The molecule has 0 radical (unpaired) electrons. The third kappa shape index (κ3) is 2.80. The molecule has 90 valence electrons. The third-order valence-electron chi connectivity index (χ3n) is 2.98. The average Bonchev–Trinajstić information content (AvgIpc) is 2.26. The molecule has 0 fully saturated rings. The fourth-order valence-corrected chi connectivity index (χ4v) is 2.80. The van der Waals surface area contributed by atoms with Crippen LogP contribution >= 0.6 is 11.9 Å². The van der Waals surface area contributed by atoms with E-state index in [1.165, 1.54) is 33.5 Å². The number of hydrogen-bond donors (Lipinski definition) is 1. The van der Waals surface area contributed by atoms with Gasteiger partial charge < -0.3 is 0 Å². The van der Waals surface area contributed by atoms with E-state index in [4.69, 9.17) is 5.14 Å². The SMILES string of the molecule is CCc1cc(C(C)C)c(SN)c(C(C)C)c1. The Bertz CT molecular complexity index is 327. The van der Waals surface area contributed by atoms with Crippen LogP contribution in [0.3, 0.4) is 0 Å². The highest BCUT2D eigenvalue weighted by Gasteiger charge is 2.14. The van der Waals surface area contributed by atoms with Crippen molar-refractivity contribution in [2.24, 2.45) is 5.14 Å². The van der Waals surface area contributed by atoms with Crippen molar-refractivity contribution in [3.63, 3.8) is 0 Å². The number of nitrogens with two attached hydrogens (primary N) is 1. The lowest BCUT2D eigenvalue weighted by Crippen LogP contribution is -2.02. The first-order valence-corrected chi connectivity index (χ1v) is 6.92. The predicted molar refractivity (Wildman–Crippen MR) is 74.0 cm³/mol. The molecule has 1 aromatic rings. The lowest BCUT2D eigenvalue weighted by molar-refractivity contribution is 0.787.